The molecular formula is C40H66O32S. The van der Waals surface area contributed by atoms with Crippen molar-refractivity contribution in [3.63, 3.8) is 0 Å². The van der Waals surface area contributed by atoms with E-state index in [1.54, 1.807) is 0 Å². The van der Waals surface area contributed by atoms with Crippen LogP contribution in [0, 0.1) is 0 Å². The summed E-state index contributed by atoms with van der Waals surface area (Å²) in [6, 6.07) is 0. The second-order valence-electron chi connectivity index (χ2n) is 18.1. The predicted molar refractivity (Wildman–Crippen MR) is 224 cm³/mol. The molecule has 0 radical (unpaired) electrons. The fourth-order valence-electron chi connectivity index (χ4n) is 9.65. The molecule has 0 unspecified atom stereocenters. The zero-order valence-electron chi connectivity index (χ0n) is 38.9. The van der Waals surface area contributed by atoms with Crippen LogP contribution in [0.3, 0.4) is 0 Å². The lowest BCUT2D eigenvalue weighted by Crippen LogP contribution is -2.69. The van der Waals surface area contributed by atoms with Crippen molar-refractivity contribution >= 4 is 15.3 Å². The van der Waals surface area contributed by atoms with Crippen LogP contribution >= 0.6 is 0 Å². The van der Waals surface area contributed by atoms with E-state index in [0.717, 1.165) is 6.92 Å². The molecule has 32 nitrogen and oxygen atoms in total. The van der Waals surface area contributed by atoms with Crippen molar-refractivity contribution in [3.05, 3.63) is 0 Å². The molecule has 22 saturated heterocycles. The topological polar surface area (TPSA) is 487 Å². The van der Waals surface area contributed by atoms with E-state index in [0.29, 0.717) is 0 Å². The van der Waals surface area contributed by atoms with E-state index in [9.17, 15) is 90.1 Å². The standard InChI is InChI=1S/C40H66O32S/c1-3-59-33-25(55)39-65-15(8-45)31(33)71-40-26(56)34(60-10(2)73(57)58)32(16(9-46)66-40)72-38-24(54)20(50)29(13(6-43)64-38)69-36-22(52)18(48)27(11(4-41)62-36)67-35-21(51)17(47)28(12(5-42)61-35)68-37-23(53)19(49)30(70-39)14(7-44)63-37/h11-56H,3-9H2,1-2H3/t11-,12-,13-,14-,15-,16-,17-,18-,19-,20-,21-,22-,23-,24-,25-,26-,27-,28-,29-,30-,31+,32+,33-,34-,35-,36-,37-,38-,39-,40-/m1/s1. The molecule has 22 heterocycles. The van der Waals surface area contributed by atoms with Crippen molar-refractivity contribution in [2.24, 2.45) is 0 Å². The number of aliphatic hydroxyl groups is 16. The maximum absolute atomic E-state index is 12.1. The van der Waals surface area contributed by atoms with Crippen molar-refractivity contribution in [3.8, 4) is 0 Å². The molecule has 0 spiro atoms. The van der Waals surface area contributed by atoms with Crippen molar-refractivity contribution in [2.45, 2.75) is 198 Å². The molecule has 0 aromatic carbocycles. The second kappa shape index (κ2) is 25.5. The van der Waals surface area contributed by atoms with Gasteiger partial charge in [0.2, 0.25) is 10.3 Å². The van der Waals surface area contributed by atoms with Gasteiger partial charge in [-0.1, -0.05) is 0 Å². The number of aliphatic hydroxyl groups excluding tert-OH is 16. The minimum absolute atomic E-state index is 0.180. The lowest BCUT2D eigenvalue weighted by atomic mass is 9.94. The quantitative estimate of drug-likeness (QED) is 0.0954. The van der Waals surface area contributed by atoms with Gasteiger partial charge in [0.1, 0.15) is 146 Å². The minimum atomic E-state index is -3.09. The Labute approximate surface area is 415 Å². The molecule has 30 atom stereocenters. The molecule has 22 fully saturated rings. The Morgan fingerprint density at radius 2 is 0.589 bits per heavy atom. The first-order valence-electron chi connectivity index (χ1n) is 23.3. The third-order valence-corrected chi connectivity index (χ3v) is 14.1. The zero-order chi connectivity index (χ0) is 53.3. The highest BCUT2D eigenvalue weighted by Crippen LogP contribution is 2.39. The number of rotatable bonds is 9. The van der Waals surface area contributed by atoms with E-state index < -0.39 is 239 Å². The summed E-state index contributed by atoms with van der Waals surface area (Å²) in [6.07, 6.45) is -58.1. The summed E-state index contributed by atoms with van der Waals surface area (Å²) in [6.45, 7) is -3.80. The molecule has 0 aromatic rings. The van der Waals surface area contributed by atoms with Gasteiger partial charge in [0.15, 0.2) is 42.8 Å². The molecule has 0 aromatic heterocycles. The number of hydrogen-bond acceptors (Lipinski definition) is 32. The molecule has 33 heteroatoms. The van der Waals surface area contributed by atoms with E-state index in [2.05, 4.69) is 0 Å². The van der Waals surface area contributed by atoms with Gasteiger partial charge in [-0.3, -0.25) is 0 Å². The molecule has 0 aliphatic carbocycles. The summed E-state index contributed by atoms with van der Waals surface area (Å²) in [5, 5.41) is 176. The van der Waals surface area contributed by atoms with Gasteiger partial charge in [0.25, 0.3) is 0 Å². The minimum Gasteiger partial charge on any atom is -0.394 e. The molecule has 0 amide bonds. The smallest absolute Gasteiger partial charge is 0.240 e. The van der Waals surface area contributed by atoms with Gasteiger partial charge >= 0.3 is 0 Å². The van der Waals surface area contributed by atoms with Gasteiger partial charge in [-0.2, -0.15) is 8.42 Å². The lowest BCUT2D eigenvalue weighted by molar-refractivity contribution is -0.404. The molecule has 22 aliphatic rings. The van der Waals surface area contributed by atoms with E-state index >= 15 is 0 Å². The van der Waals surface area contributed by atoms with Gasteiger partial charge in [-0.25, -0.2) is 0 Å². The normalized spacial score (nSPS) is 51.1. The van der Waals surface area contributed by atoms with Gasteiger partial charge in [-0.15, -0.1) is 0 Å². The molecule has 22 aliphatic heterocycles. The van der Waals surface area contributed by atoms with Gasteiger partial charge in [-0.05, 0) is 13.8 Å². The summed E-state index contributed by atoms with van der Waals surface area (Å²) in [5.74, 6) is 0. The molecule has 73 heavy (non-hydrogen) atoms. The van der Waals surface area contributed by atoms with Crippen molar-refractivity contribution < 1.29 is 156 Å². The van der Waals surface area contributed by atoms with E-state index in [-0.39, 0.29) is 6.61 Å². The largest absolute Gasteiger partial charge is 0.394 e. The molecule has 22 rings (SSSR count). The van der Waals surface area contributed by atoms with Gasteiger partial charge < -0.3 is 148 Å². The summed E-state index contributed by atoms with van der Waals surface area (Å²) >= 11 is 0. The first-order valence-corrected chi connectivity index (χ1v) is 24.4. The first kappa shape index (κ1) is 59.2. The van der Waals surface area contributed by atoms with E-state index in [1.807, 2.05) is 0 Å². The average molecular weight is 1090 g/mol. The van der Waals surface area contributed by atoms with Crippen LogP contribution in [0.1, 0.15) is 13.8 Å². The van der Waals surface area contributed by atoms with Crippen LogP contribution in [0.5, 0.6) is 0 Å². The van der Waals surface area contributed by atoms with Crippen LogP contribution in [0.2, 0.25) is 0 Å². The Hall–Kier alpha value is -1.51. The Kier molecular flexibility index (Phi) is 20.7. The van der Waals surface area contributed by atoms with Crippen LogP contribution in [0.15, 0.2) is 0 Å². The summed E-state index contributed by atoms with van der Waals surface area (Å²) in [4.78, 5) is 0. The summed E-state index contributed by atoms with van der Waals surface area (Å²) < 4.78 is 105. The second-order valence-corrected chi connectivity index (χ2v) is 19.1. The predicted octanol–water partition coefficient (Wildman–Crippen LogP) is -12.0. The fourth-order valence-corrected chi connectivity index (χ4v) is 9.84. The van der Waals surface area contributed by atoms with Crippen molar-refractivity contribution in [1.29, 1.82) is 0 Å². The zero-order valence-corrected chi connectivity index (χ0v) is 39.7. The monoisotopic (exact) mass is 1090 g/mol. The number of hydrogen-bond donors (Lipinski definition) is 16. The van der Waals surface area contributed by atoms with Crippen LogP contribution in [-0.4, -0.2) is 326 Å². The third kappa shape index (κ3) is 12.1. The van der Waals surface area contributed by atoms with Crippen molar-refractivity contribution in [1.82, 2.24) is 0 Å². The summed E-state index contributed by atoms with van der Waals surface area (Å²) in [7, 11) is -3.09. The maximum atomic E-state index is 12.1. The molecule has 16 N–H and O–H groups in total. The van der Waals surface area contributed by atoms with Gasteiger partial charge in [0.05, 0.1) is 39.6 Å². The molecule has 424 valence electrons. The van der Waals surface area contributed by atoms with Crippen LogP contribution in [-0.2, 0) is 76.6 Å². The Bertz CT molecular complexity index is 1880. The van der Waals surface area contributed by atoms with Gasteiger partial charge in [0, 0.05) is 6.61 Å². The Balaban J connectivity index is 1.25. The summed E-state index contributed by atoms with van der Waals surface area (Å²) in [5.41, 5.74) is 0. The van der Waals surface area contributed by atoms with Crippen LogP contribution in [0.4, 0.5) is 0 Å². The fraction of sp³-hybridized carbons (Fsp3) is 0.975. The SMILES string of the molecule is CCO[C@@H]1[C@@H](O)[C@H]2O[C@H]3[C@H](O)[C@@H](O)[C@@H](O[C@H]4[C@H](O)[C@@H](O)[C@@H](O[C@H]5[C@H](O)[C@@H](O)[C@@H](O[C@H]6[C@H](O)[C@@H](O)[C@@H](O[C@@H]7[C@H](OC(C)=S(=O)=O)[C@@H](O)[C@@H](O[C@H]1[C@@H](CO)O2)O[C@@H]7CO)O[C@@H]6CO)O[C@@H]5CO)O[C@@H]4CO)O[C@@H]3CO. The third-order valence-electron chi connectivity index (χ3n) is 13.5. The maximum Gasteiger partial charge on any atom is 0.240 e. The van der Waals surface area contributed by atoms with Crippen LogP contribution in [0.25, 0.3) is 0 Å². The Morgan fingerprint density at radius 1 is 0.356 bits per heavy atom. The highest BCUT2D eigenvalue weighted by atomic mass is 32.2. The van der Waals surface area contributed by atoms with Crippen molar-refractivity contribution in [2.75, 3.05) is 46.2 Å². The molecular weight excluding hydrogens is 1020 g/mol. The molecule has 12 bridgehead atoms. The average Bonchev–Trinajstić information content (AvgIpc) is 3.37. The Morgan fingerprint density at radius 3 is 0.849 bits per heavy atom. The lowest BCUT2D eigenvalue weighted by Gasteiger charge is -2.51. The highest BCUT2D eigenvalue weighted by Gasteiger charge is 2.59. The number of ether oxygens (including phenoxy) is 14. The highest BCUT2D eigenvalue weighted by molar-refractivity contribution is 7.72. The van der Waals surface area contributed by atoms with E-state index in [4.69, 9.17) is 66.3 Å². The van der Waals surface area contributed by atoms with Crippen LogP contribution < -0.4 is 0 Å². The first-order chi connectivity index (χ1) is 34.8. The van der Waals surface area contributed by atoms with E-state index in [1.165, 1.54) is 6.92 Å². The molecule has 0 saturated carbocycles.